The standard InChI is InChI=1S/C13H12F3N3O3/c14-13(15,16)6-11(20)17-7-10-18-12(22-19-10)8-21-9-4-2-1-3-5-9/h1-5H,6-8H2,(H,17,20). The Kier molecular flexibility index (Phi) is 4.97. The van der Waals surface area contributed by atoms with Crippen molar-refractivity contribution < 1.29 is 27.2 Å². The second kappa shape index (κ2) is 6.92. The van der Waals surface area contributed by atoms with E-state index in [2.05, 4.69) is 15.5 Å². The first kappa shape index (κ1) is 15.8. The smallest absolute Gasteiger partial charge is 0.397 e. The number of amides is 1. The Bertz CT molecular complexity index is 614. The van der Waals surface area contributed by atoms with Crippen LogP contribution in [0, 0.1) is 0 Å². The van der Waals surface area contributed by atoms with Gasteiger partial charge in [-0.05, 0) is 12.1 Å². The summed E-state index contributed by atoms with van der Waals surface area (Å²) < 4.78 is 46.1. The van der Waals surface area contributed by atoms with Gasteiger partial charge in [0.25, 0.3) is 5.89 Å². The van der Waals surface area contributed by atoms with E-state index >= 15 is 0 Å². The van der Waals surface area contributed by atoms with Crippen LogP contribution < -0.4 is 10.1 Å². The minimum absolute atomic E-state index is 0.0213. The number of alkyl halides is 3. The van der Waals surface area contributed by atoms with Crippen LogP contribution in [0.15, 0.2) is 34.9 Å². The van der Waals surface area contributed by atoms with Gasteiger partial charge in [-0.1, -0.05) is 23.4 Å². The Labute approximate surface area is 123 Å². The van der Waals surface area contributed by atoms with Crippen molar-refractivity contribution in [3.8, 4) is 5.75 Å². The number of nitrogens with zero attached hydrogens (tertiary/aromatic N) is 2. The molecule has 1 N–H and O–H groups in total. The van der Waals surface area contributed by atoms with Gasteiger partial charge in [0.05, 0.1) is 6.54 Å². The zero-order chi connectivity index (χ0) is 16.0. The van der Waals surface area contributed by atoms with Crippen LogP contribution in [-0.4, -0.2) is 22.2 Å². The van der Waals surface area contributed by atoms with Crippen LogP contribution in [0.25, 0.3) is 0 Å². The molecule has 0 saturated carbocycles. The van der Waals surface area contributed by atoms with Crippen LogP contribution in [0.3, 0.4) is 0 Å². The van der Waals surface area contributed by atoms with Crippen molar-refractivity contribution in [2.24, 2.45) is 0 Å². The largest absolute Gasteiger partial charge is 0.484 e. The van der Waals surface area contributed by atoms with E-state index in [1.54, 1.807) is 24.3 Å². The third-order valence-corrected chi connectivity index (χ3v) is 2.42. The molecule has 0 aliphatic heterocycles. The monoisotopic (exact) mass is 315 g/mol. The number of rotatable bonds is 6. The fourth-order valence-corrected chi connectivity index (χ4v) is 1.50. The third kappa shape index (κ3) is 5.43. The molecule has 0 fully saturated rings. The van der Waals surface area contributed by atoms with Gasteiger partial charge in [0.15, 0.2) is 12.4 Å². The summed E-state index contributed by atoms with van der Waals surface area (Å²) >= 11 is 0. The molecule has 0 radical (unpaired) electrons. The van der Waals surface area contributed by atoms with Gasteiger partial charge in [-0.3, -0.25) is 4.79 Å². The molecule has 0 unspecified atom stereocenters. The zero-order valence-corrected chi connectivity index (χ0v) is 11.3. The lowest BCUT2D eigenvalue weighted by Gasteiger charge is -2.05. The van der Waals surface area contributed by atoms with E-state index in [0.29, 0.717) is 5.75 Å². The molecular weight excluding hydrogens is 303 g/mol. The Morgan fingerprint density at radius 1 is 1.27 bits per heavy atom. The topological polar surface area (TPSA) is 77.2 Å². The third-order valence-electron chi connectivity index (χ3n) is 2.42. The highest BCUT2D eigenvalue weighted by Crippen LogP contribution is 2.18. The number of nitrogens with one attached hydrogen (secondary N) is 1. The Morgan fingerprint density at radius 3 is 2.68 bits per heavy atom. The molecule has 1 aromatic carbocycles. The Morgan fingerprint density at radius 2 is 2.00 bits per heavy atom. The number of aromatic nitrogens is 2. The molecule has 22 heavy (non-hydrogen) atoms. The highest BCUT2D eigenvalue weighted by atomic mass is 19.4. The number of hydrogen-bond acceptors (Lipinski definition) is 5. The second-order valence-electron chi connectivity index (χ2n) is 4.27. The highest BCUT2D eigenvalue weighted by molar-refractivity contribution is 5.76. The lowest BCUT2D eigenvalue weighted by Crippen LogP contribution is -2.28. The van der Waals surface area contributed by atoms with Gasteiger partial charge in [-0.2, -0.15) is 18.2 Å². The maximum atomic E-state index is 12.0. The van der Waals surface area contributed by atoms with E-state index in [0.717, 1.165) is 0 Å². The molecule has 0 bridgehead atoms. The maximum absolute atomic E-state index is 12.0. The number of hydrogen-bond donors (Lipinski definition) is 1. The molecule has 9 heteroatoms. The zero-order valence-electron chi connectivity index (χ0n) is 11.3. The highest BCUT2D eigenvalue weighted by Gasteiger charge is 2.31. The first-order chi connectivity index (χ1) is 10.4. The summed E-state index contributed by atoms with van der Waals surface area (Å²) in [6, 6.07) is 8.92. The maximum Gasteiger partial charge on any atom is 0.397 e. The summed E-state index contributed by atoms with van der Waals surface area (Å²) in [4.78, 5) is 14.9. The molecule has 2 rings (SSSR count). The predicted octanol–water partition coefficient (Wildman–Crippen LogP) is 2.22. The van der Waals surface area contributed by atoms with Gasteiger partial charge in [-0.25, -0.2) is 0 Å². The Balaban J connectivity index is 1.78. The van der Waals surface area contributed by atoms with Crippen molar-refractivity contribution >= 4 is 5.91 Å². The minimum Gasteiger partial charge on any atom is -0.484 e. The average molecular weight is 315 g/mol. The lowest BCUT2D eigenvalue weighted by atomic mass is 10.3. The number of para-hydroxylation sites is 1. The average Bonchev–Trinajstić information content (AvgIpc) is 2.90. The van der Waals surface area contributed by atoms with Gasteiger partial charge >= 0.3 is 6.18 Å². The number of halogens is 3. The molecule has 1 aromatic heterocycles. The van der Waals surface area contributed by atoms with Crippen molar-refractivity contribution in [3.05, 3.63) is 42.0 Å². The van der Waals surface area contributed by atoms with E-state index in [1.165, 1.54) is 0 Å². The molecule has 0 aliphatic rings. The van der Waals surface area contributed by atoms with E-state index in [9.17, 15) is 18.0 Å². The van der Waals surface area contributed by atoms with Crippen molar-refractivity contribution in [3.63, 3.8) is 0 Å². The van der Waals surface area contributed by atoms with Crippen molar-refractivity contribution in [2.75, 3.05) is 0 Å². The summed E-state index contributed by atoms with van der Waals surface area (Å²) in [5.74, 6) is -0.314. The fourth-order valence-electron chi connectivity index (χ4n) is 1.50. The van der Waals surface area contributed by atoms with Crippen molar-refractivity contribution in [2.45, 2.75) is 25.7 Å². The second-order valence-corrected chi connectivity index (χ2v) is 4.27. The molecule has 0 aliphatic carbocycles. The first-order valence-electron chi connectivity index (χ1n) is 6.25. The summed E-state index contributed by atoms with van der Waals surface area (Å²) in [7, 11) is 0. The van der Waals surface area contributed by atoms with E-state index in [4.69, 9.17) is 9.26 Å². The Hall–Kier alpha value is -2.58. The minimum atomic E-state index is -4.55. The fraction of sp³-hybridized carbons (Fsp3) is 0.308. The summed E-state index contributed by atoms with van der Waals surface area (Å²) in [6.45, 7) is -0.225. The summed E-state index contributed by atoms with van der Waals surface area (Å²) in [5, 5.41) is 5.59. The molecule has 0 spiro atoms. The molecule has 2 aromatic rings. The molecule has 6 nitrogen and oxygen atoms in total. The van der Waals surface area contributed by atoms with Gasteiger partial charge in [-0.15, -0.1) is 0 Å². The molecule has 1 heterocycles. The van der Waals surface area contributed by atoms with Crippen LogP contribution in [0.1, 0.15) is 18.1 Å². The quantitative estimate of drug-likeness (QED) is 0.884. The summed E-state index contributed by atoms with van der Waals surface area (Å²) in [6.07, 6.45) is -6.09. The van der Waals surface area contributed by atoms with Gasteiger partial charge < -0.3 is 14.6 Å². The summed E-state index contributed by atoms with van der Waals surface area (Å²) in [5.41, 5.74) is 0. The molecule has 118 valence electrons. The van der Waals surface area contributed by atoms with Crippen LogP contribution in [0.5, 0.6) is 5.75 Å². The van der Waals surface area contributed by atoms with Crippen molar-refractivity contribution in [1.29, 1.82) is 0 Å². The molecular formula is C13H12F3N3O3. The number of ether oxygens (including phenoxy) is 1. The van der Waals surface area contributed by atoms with Crippen LogP contribution >= 0.6 is 0 Å². The van der Waals surface area contributed by atoms with Crippen LogP contribution in [0.4, 0.5) is 13.2 Å². The molecule has 1 amide bonds. The van der Waals surface area contributed by atoms with E-state index in [1.807, 2.05) is 6.07 Å². The SMILES string of the molecule is O=C(CC(F)(F)F)NCc1noc(COc2ccccc2)n1. The normalized spacial score (nSPS) is 11.2. The van der Waals surface area contributed by atoms with E-state index in [-0.39, 0.29) is 24.9 Å². The van der Waals surface area contributed by atoms with Gasteiger partial charge in [0.1, 0.15) is 12.2 Å². The van der Waals surface area contributed by atoms with E-state index < -0.39 is 18.5 Å². The van der Waals surface area contributed by atoms with Crippen LogP contribution in [-0.2, 0) is 17.9 Å². The van der Waals surface area contributed by atoms with Crippen LogP contribution in [0.2, 0.25) is 0 Å². The number of carbonyl (C=O) groups is 1. The van der Waals surface area contributed by atoms with Gasteiger partial charge in [0, 0.05) is 0 Å². The number of carbonyl (C=O) groups excluding carboxylic acids is 1. The van der Waals surface area contributed by atoms with Crippen molar-refractivity contribution in [1.82, 2.24) is 15.5 Å². The predicted molar refractivity (Wildman–Crippen MR) is 67.6 cm³/mol. The first-order valence-corrected chi connectivity index (χ1v) is 6.25. The molecule has 0 atom stereocenters. The van der Waals surface area contributed by atoms with Gasteiger partial charge in [0.2, 0.25) is 5.91 Å². The molecule has 0 saturated heterocycles. The lowest BCUT2D eigenvalue weighted by molar-refractivity contribution is -0.153. The number of benzene rings is 1.